The molecule has 0 aliphatic heterocycles. The molecule has 0 saturated carbocycles. The molecule has 0 radical (unpaired) electrons. The minimum Gasteiger partial charge on any atom is -0.497 e. The maximum Gasteiger partial charge on any atom is 0.322 e. The molecule has 10 heteroatoms. The van der Waals surface area contributed by atoms with Crippen LogP contribution < -0.4 is 15.4 Å². The molecule has 0 bridgehead atoms. The number of rotatable bonds is 10. The maximum absolute atomic E-state index is 13.6. The Kier molecular flexibility index (Phi) is 8.88. The number of unbranched alkanes of at least 4 members (excludes halogenated alkanes) is 1. The van der Waals surface area contributed by atoms with Gasteiger partial charge in [0.15, 0.2) is 11.6 Å². The van der Waals surface area contributed by atoms with Crippen LogP contribution in [0.1, 0.15) is 19.8 Å². The summed E-state index contributed by atoms with van der Waals surface area (Å²) < 4.78 is 33.7. The first-order valence-corrected chi connectivity index (χ1v) is 12.5. The molecule has 0 aliphatic carbocycles. The summed E-state index contributed by atoms with van der Waals surface area (Å²) in [6, 6.07) is 21.0. The number of carbonyl (C=O) groups is 2. The molecule has 3 aromatic carbocycles. The van der Waals surface area contributed by atoms with Crippen LogP contribution in [0.5, 0.6) is 5.75 Å². The SMILES string of the molecule is CCCCN(CC(=O)Nc1cc(-c2ccccc2)nn1-c1ccc(OC)cc1)C(=O)Nc1ccc(F)c(F)c1. The lowest BCUT2D eigenvalue weighted by Crippen LogP contribution is -2.41. The number of anilines is 2. The van der Waals surface area contributed by atoms with Gasteiger partial charge in [-0.25, -0.2) is 18.3 Å². The first kappa shape index (κ1) is 27.3. The molecule has 8 nitrogen and oxygen atoms in total. The second kappa shape index (κ2) is 12.7. The van der Waals surface area contributed by atoms with Gasteiger partial charge in [0.25, 0.3) is 0 Å². The van der Waals surface area contributed by atoms with Crippen molar-refractivity contribution < 1.29 is 23.1 Å². The molecule has 0 aliphatic rings. The highest BCUT2D eigenvalue weighted by molar-refractivity contribution is 5.97. The zero-order valence-electron chi connectivity index (χ0n) is 21.7. The van der Waals surface area contributed by atoms with E-state index in [1.165, 1.54) is 11.0 Å². The van der Waals surface area contributed by atoms with Gasteiger partial charge in [0.1, 0.15) is 18.1 Å². The minimum atomic E-state index is -1.08. The number of nitrogens with one attached hydrogen (secondary N) is 2. The zero-order valence-corrected chi connectivity index (χ0v) is 21.7. The largest absolute Gasteiger partial charge is 0.497 e. The number of halogens is 2. The Morgan fingerprint density at radius 1 is 0.949 bits per heavy atom. The third kappa shape index (κ3) is 6.98. The van der Waals surface area contributed by atoms with Gasteiger partial charge in [0, 0.05) is 29.9 Å². The molecule has 2 N–H and O–H groups in total. The fourth-order valence-electron chi connectivity index (χ4n) is 3.87. The van der Waals surface area contributed by atoms with Crippen molar-refractivity contribution in [1.82, 2.24) is 14.7 Å². The number of hydrogen-bond donors (Lipinski definition) is 2. The van der Waals surface area contributed by atoms with Gasteiger partial charge >= 0.3 is 6.03 Å². The second-order valence-electron chi connectivity index (χ2n) is 8.77. The molecular weight excluding hydrogens is 504 g/mol. The Balaban J connectivity index is 1.55. The van der Waals surface area contributed by atoms with Gasteiger partial charge in [-0.05, 0) is 42.8 Å². The van der Waals surface area contributed by atoms with Crippen LogP contribution in [-0.2, 0) is 4.79 Å². The van der Waals surface area contributed by atoms with Crippen molar-refractivity contribution in [3.05, 3.63) is 90.5 Å². The molecule has 3 amide bonds. The molecule has 0 atom stereocenters. The van der Waals surface area contributed by atoms with Crippen molar-refractivity contribution >= 4 is 23.4 Å². The Hall–Kier alpha value is -4.73. The quantitative estimate of drug-likeness (QED) is 0.258. The molecule has 202 valence electrons. The number of amides is 3. The topological polar surface area (TPSA) is 88.5 Å². The Bertz CT molecular complexity index is 1420. The van der Waals surface area contributed by atoms with Gasteiger partial charge in [0.2, 0.25) is 5.91 Å². The normalized spacial score (nSPS) is 10.7. The smallest absolute Gasteiger partial charge is 0.322 e. The highest BCUT2D eigenvalue weighted by Crippen LogP contribution is 2.26. The van der Waals surface area contributed by atoms with Crippen LogP contribution in [0.3, 0.4) is 0 Å². The van der Waals surface area contributed by atoms with Crippen molar-refractivity contribution in [2.45, 2.75) is 19.8 Å². The molecule has 1 heterocycles. The summed E-state index contributed by atoms with van der Waals surface area (Å²) in [7, 11) is 1.58. The Morgan fingerprint density at radius 3 is 2.36 bits per heavy atom. The fourth-order valence-corrected chi connectivity index (χ4v) is 3.87. The number of carbonyl (C=O) groups excluding carboxylic acids is 2. The number of ether oxygens (including phenoxy) is 1. The predicted octanol–water partition coefficient (Wildman–Crippen LogP) is 6.10. The second-order valence-corrected chi connectivity index (χ2v) is 8.77. The van der Waals surface area contributed by atoms with Crippen LogP contribution in [0.25, 0.3) is 16.9 Å². The summed E-state index contributed by atoms with van der Waals surface area (Å²) in [5.74, 6) is -1.44. The van der Waals surface area contributed by atoms with Crippen molar-refractivity contribution in [3.63, 3.8) is 0 Å². The van der Waals surface area contributed by atoms with Gasteiger partial charge < -0.3 is 20.3 Å². The lowest BCUT2D eigenvalue weighted by molar-refractivity contribution is -0.116. The Labute approximate surface area is 225 Å². The van der Waals surface area contributed by atoms with Crippen molar-refractivity contribution in [3.8, 4) is 22.7 Å². The van der Waals surface area contributed by atoms with Crippen LogP contribution in [0.4, 0.5) is 25.1 Å². The monoisotopic (exact) mass is 533 g/mol. The number of aromatic nitrogens is 2. The van der Waals surface area contributed by atoms with Crippen molar-refractivity contribution in [2.75, 3.05) is 30.8 Å². The van der Waals surface area contributed by atoms with E-state index in [0.29, 0.717) is 35.9 Å². The van der Waals surface area contributed by atoms with E-state index >= 15 is 0 Å². The van der Waals surface area contributed by atoms with E-state index in [-0.39, 0.29) is 12.2 Å². The molecule has 0 saturated heterocycles. The van der Waals surface area contributed by atoms with E-state index in [9.17, 15) is 18.4 Å². The summed E-state index contributed by atoms with van der Waals surface area (Å²) in [4.78, 5) is 27.4. The van der Waals surface area contributed by atoms with Gasteiger partial charge in [-0.2, -0.15) is 5.10 Å². The molecular formula is C29H29F2N5O3. The highest BCUT2D eigenvalue weighted by atomic mass is 19.2. The molecule has 1 aromatic heterocycles. The Morgan fingerprint density at radius 2 is 1.69 bits per heavy atom. The van der Waals surface area contributed by atoms with Gasteiger partial charge in [-0.3, -0.25) is 4.79 Å². The summed E-state index contributed by atoms with van der Waals surface area (Å²) in [6.45, 7) is 2.00. The maximum atomic E-state index is 13.6. The van der Waals surface area contributed by atoms with Gasteiger partial charge in [-0.15, -0.1) is 0 Å². The summed E-state index contributed by atoms with van der Waals surface area (Å²) >= 11 is 0. The third-order valence-corrected chi connectivity index (χ3v) is 5.94. The average Bonchev–Trinajstić information content (AvgIpc) is 3.37. The zero-order chi connectivity index (χ0) is 27.8. The van der Waals surface area contributed by atoms with Crippen LogP contribution >= 0.6 is 0 Å². The van der Waals surface area contributed by atoms with Crippen LogP contribution in [0.15, 0.2) is 78.9 Å². The molecule has 0 fully saturated rings. The summed E-state index contributed by atoms with van der Waals surface area (Å²) in [5.41, 5.74) is 2.31. The van der Waals surface area contributed by atoms with Crippen LogP contribution in [0, 0.1) is 11.6 Å². The number of benzene rings is 3. The lowest BCUT2D eigenvalue weighted by Gasteiger charge is -2.22. The fraction of sp³-hybridized carbons (Fsp3) is 0.207. The number of methoxy groups -OCH3 is 1. The molecule has 4 aromatic rings. The van der Waals surface area contributed by atoms with Crippen LogP contribution in [0.2, 0.25) is 0 Å². The number of urea groups is 1. The van der Waals surface area contributed by atoms with E-state index in [2.05, 4.69) is 10.6 Å². The van der Waals surface area contributed by atoms with Gasteiger partial charge in [0.05, 0.1) is 18.5 Å². The first-order valence-electron chi connectivity index (χ1n) is 12.5. The molecule has 4 rings (SSSR count). The summed E-state index contributed by atoms with van der Waals surface area (Å²) in [6.07, 6.45) is 1.45. The first-order chi connectivity index (χ1) is 18.9. The number of nitrogens with zero attached hydrogens (tertiary/aromatic N) is 3. The van der Waals surface area contributed by atoms with E-state index in [0.717, 1.165) is 24.1 Å². The van der Waals surface area contributed by atoms with E-state index in [1.54, 1.807) is 30.0 Å². The average molecular weight is 534 g/mol. The third-order valence-electron chi connectivity index (χ3n) is 5.94. The van der Waals surface area contributed by atoms with Crippen molar-refractivity contribution in [2.24, 2.45) is 0 Å². The minimum absolute atomic E-state index is 0.0888. The van der Waals surface area contributed by atoms with E-state index in [1.807, 2.05) is 49.4 Å². The predicted molar refractivity (Wildman–Crippen MR) is 146 cm³/mol. The molecule has 39 heavy (non-hydrogen) atoms. The molecule has 0 spiro atoms. The van der Waals surface area contributed by atoms with Crippen LogP contribution in [-0.4, -0.2) is 46.8 Å². The van der Waals surface area contributed by atoms with E-state index < -0.39 is 23.6 Å². The number of hydrogen-bond acceptors (Lipinski definition) is 4. The standard InChI is InChI=1S/C29H29F2N5O3/c1-3-4-16-35(29(38)32-21-10-15-24(30)25(31)17-21)19-28(37)33-27-18-26(20-8-6-5-7-9-20)34-36(27)22-11-13-23(39-2)14-12-22/h5-15,17-18H,3-4,16,19H2,1-2H3,(H,32,38)(H,33,37). The lowest BCUT2D eigenvalue weighted by atomic mass is 10.1. The molecule has 0 unspecified atom stereocenters. The van der Waals surface area contributed by atoms with Gasteiger partial charge in [-0.1, -0.05) is 43.7 Å². The van der Waals surface area contributed by atoms with Crippen molar-refractivity contribution in [1.29, 1.82) is 0 Å². The summed E-state index contributed by atoms with van der Waals surface area (Å²) in [5, 5.41) is 10.1. The van der Waals surface area contributed by atoms with E-state index in [4.69, 9.17) is 9.84 Å². The highest BCUT2D eigenvalue weighted by Gasteiger charge is 2.20.